The third kappa shape index (κ3) is 3.12. The Balaban J connectivity index is 2.33. The summed E-state index contributed by atoms with van der Waals surface area (Å²) in [5, 5.41) is 16.1. The van der Waals surface area contributed by atoms with Gasteiger partial charge in [0.1, 0.15) is 6.10 Å². The van der Waals surface area contributed by atoms with Gasteiger partial charge >= 0.3 is 0 Å². The second kappa shape index (κ2) is 6.35. The fourth-order valence-electron chi connectivity index (χ4n) is 2.09. The molecule has 0 saturated carbocycles. The maximum atomic E-state index is 10.5. The largest absolute Gasteiger partial charge is 0.386 e. The monoisotopic (exact) mass is 332 g/mol. The summed E-state index contributed by atoms with van der Waals surface area (Å²) in [6, 6.07) is 5.37. The van der Waals surface area contributed by atoms with Gasteiger partial charge in [0.15, 0.2) is 0 Å². The number of hydrogen-bond donors (Lipinski definition) is 1. The molecule has 0 spiro atoms. The standard InChI is InChI=1S/C14H15Cl3N2O/c1-8(2)19-14(12(17)7-18-19)13(20)6-9-10(15)4-3-5-11(9)16/h3-5,7-8,13,20H,6H2,1-2H3. The van der Waals surface area contributed by atoms with Crippen molar-refractivity contribution in [2.24, 2.45) is 0 Å². The average molecular weight is 334 g/mol. The summed E-state index contributed by atoms with van der Waals surface area (Å²) >= 11 is 18.4. The molecular formula is C14H15Cl3N2O. The summed E-state index contributed by atoms with van der Waals surface area (Å²) in [6.45, 7) is 3.95. The van der Waals surface area contributed by atoms with Gasteiger partial charge in [0, 0.05) is 22.5 Å². The summed E-state index contributed by atoms with van der Waals surface area (Å²) in [4.78, 5) is 0. The van der Waals surface area contributed by atoms with Crippen molar-refractivity contribution in [2.45, 2.75) is 32.4 Å². The molecule has 2 rings (SSSR count). The van der Waals surface area contributed by atoms with Crippen LogP contribution in [0.25, 0.3) is 0 Å². The third-order valence-electron chi connectivity index (χ3n) is 3.05. The van der Waals surface area contributed by atoms with E-state index in [2.05, 4.69) is 5.10 Å². The Kier molecular flexibility index (Phi) is 4.97. The molecule has 1 aromatic heterocycles. The molecule has 20 heavy (non-hydrogen) atoms. The van der Waals surface area contributed by atoms with Crippen molar-refractivity contribution in [3.8, 4) is 0 Å². The molecule has 1 N–H and O–H groups in total. The molecule has 0 amide bonds. The Morgan fingerprint density at radius 3 is 2.30 bits per heavy atom. The summed E-state index contributed by atoms with van der Waals surface area (Å²) in [5.41, 5.74) is 1.29. The average Bonchev–Trinajstić information content (AvgIpc) is 2.76. The molecule has 6 heteroatoms. The minimum atomic E-state index is -0.815. The van der Waals surface area contributed by atoms with Gasteiger partial charge in [-0.05, 0) is 31.5 Å². The second-order valence-corrected chi connectivity index (χ2v) is 6.06. The predicted octanol–water partition coefficient (Wildman–Crippen LogP) is 4.70. The molecule has 0 bridgehead atoms. The first kappa shape index (κ1) is 15.6. The van der Waals surface area contributed by atoms with E-state index >= 15 is 0 Å². The number of hydrogen-bond acceptors (Lipinski definition) is 2. The fourth-order valence-corrected chi connectivity index (χ4v) is 2.90. The third-order valence-corrected chi connectivity index (χ3v) is 4.05. The molecule has 0 aliphatic rings. The van der Waals surface area contributed by atoms with Gasteiger partial charge in [0.05, 0.1) is 16.9 Å². The lowest BCUT2D eigenvalue weighted by atomic mass is 10.1. The predicted molar refractivity (Wildman–Crippen MR) is 82.7 cm³/mol. The Morgan fingerprint density at radius 1 is 1.15 bits per heavy atom. The SMILES string of the molecule is CC(C)n1ncc(Cl)c1C(O)Cc1c(Cl)cccc1Cl. The first-order valence-electron chi connectivity index (χ1n) is 6.25. The minimum Gasteiger partial charge on any atom is -0.386 e. The molecule has 1 aromatic carbocycles. The van der Waals surface area contributed by atoms with Gasteiger partial charge in [0.25, 0.3) is 0 Å². The number of nitrogens with zero attached hydrogens (tertiary/aromatic N) is 2. The van der Waals surface area contributed by atoms with E-state index in [4.69, 9.17) is 34.8 Å². The van der Waals surface area contributed by atoms with E-state index in [0.717, 1.165) is 0 Å². The molecule has 0 aliphatic heterocycles. The highest BCUT2D eigenvalue weighted by Crippen LogP contribution is 2.32. The molecule has 108 valence electrons. The van der Waals surface area contributed by atoms with Crippen LogP contribution in [0.3, 0.4) is 0 Å². The number of benzene rings is 1. The lowest BCUT2D eigenvalue weighted by Gasteiger charge is -2.17. The van der Waals surface area contributed by atoms with Crippen molar-refractivity contribution in [2.75, 3.05) is 0 Å². The Labute approximate surface area is 133 Å². The minimum absolute atomic E-state index is 0.105. The zero-order valence-corrected chi connectivity index (χ0v) is 13.4. The van der Waals surface area contributed by atoms with E-state index in [-0.39, 0.29) is 12.5 Å². The Hall–Kier alpha value is -0.740. The summed E-state index contributed by atoms with van der Waals surface area (Å²) in [6.07, 6.45) is 1.01. The van der Waals surface area contributed by atoms with E-state index in [0.29, 0.717) is 26.3 Å². The van der Waals surface area contributed by atoms with Crippen LogP contribution in [0.1, 0.15) is 37.3 Å². The van der Waals surface area contributed by atoms with Crippen LogP contribution >= 0.6 is 34.8 Å². The smallest absolute Gasteiger partial charge is 0.101 e. The maximum absolute atomic E-state index is 10.5. The quantitative estimate of drug-likeness (QED) is 0.880. The lowest BCUT2D eigenvalue weighted by Crippen LogP contribution is -2.13. The van der Waals surface area contributed by atoms with E-state index in [1.165, 1.54) is 6.20 Å². The maximum Gasteiger partial charge on any atom is 0.101 e. The van der Waals surface area contributed by atoms with Crippen molar-refractivity contribution in [1.29, 1.82) is 0 Å². The van der Waals surface area contributed by atoms with E-state index in [9.17, 15) is 5.11 Å². The molecule has 1 atom stereocenters. The van der Waals surface area contributed by atoms with Crippen LogP contribution < -0.4 is 0 Å². The van der Waals surface area contributed by atoms with Crippen molar-refractivity contribution >= 4 is 34.8 Å². The van der Waals surface area contributed by atoms with Crippen LogP contribution in [-0.2, 0) is 6.42 Å². The molecule has 1 heterocycles. The van der Waals surface area contributed by atoms with Crippen LogP contribution in [0.5, 0.6) is 0 Å². The Morgan fingerprint density at radius 2 is 1.75 bits per heavy atom. The van der Waals surface area contributed by atoms with Crippen molar-refractivity contribution < 1.29 is 5.11 Å². The van der Waals surface area contributed by atoms with Gasteiger partial charge in [0.2, 0.25) is 0 Å². The van der Waals surface area contributed by atoms with E-state index in [1.807, 2.05) is 13.8 Å². The van der Waals surface area contributed by atoms with Gasteiger partial charge in [-0.15, -0.1) is 0 Å². The highest BCUT2D eigenvalue weighted by atomic mass is 35.5. The van der Waals surface area contributed by atoms with Gasteiger partial charge in [-0.25, -0.2) is 0 Å². The number of halogens is 3. The lowest BCUT2D eigenvalue weighted by molar-refractivity contribution is 0.165. The second-order valence-electron chi connectivity index (χ2n) is 4.84. The fraction of sp³-hybridized carbons (Fsp3) is 0.357. The zero-order valence-electron chi connectivity index (χ0n) is 11.1. The van der Waals surface area contributed by atoms with Crippen LogP contribution in [0.15, 0.2) is 24.4 Å². The molecule has 3 nitrogen and oxygen atoms in total. The summed E-state index contributed by atoms with van der Waals surface area (Å²) < 4.78 is 1.71. The summed E-state index contributed by atoms with van der Waals surface area (Å²) in [5.74, 6) is 0. The van der Waals surface area contributed by atoms with Crippen LogP contribution in [0.4, 0.5) is 0 Å². The highest BCUT2D eigenvalue weighted by Gasteiger charge is 2.21. The van der Waals surface area contributed by atoms with Crippen LogP contribution in [0.2, 0.25) is 15.1 Å². The molecule has 0 aliphatic carbocycles. The molecular weight excluding hydrogens is 319 g/mol. The Bertz CT molecular complexity index is 590. The first-order valence-corrected chi connectivity index (χ1v) is 7.39. The van der Waals surface area contributed by atoms with Crippen LogP contribution in [-0.4, -0.2) is 14.9 Å². The number of aromatic nitrogens is 2. The zero-order chi connectivity index (χ0) is 14.9. The van der Waals surface area contributed by atoms with Crippen LogP contribution in [0, 0.1) is 0 Å². The molecule has 0 saturated heterocycles. The topological polar surface area (TPSA) is 38.0 Å². The molecule has 2 aromatic rings. The van der Waals surface area contributed by atoms with Gasteiger partial charge in [-0.3, -0.25) is 4.68 Å². The summed E-state index contributed by atoms with van der Waals surface area (Å²) in [7, 11) is 0. The first-order chi connectivity index (χ1) is 9.41. The van der Waals surface area contributed by atoms with E-state index < -0.39 is 6.10 Å². The van der Waals surface area contributed by atoms with Gasteiger partial charge in [-0.1, -0.05) is 40.9 Å². The normalized spacial score (nSPS) is 12.9. The molecule has 0 fully saturated rings. The number of aliphatic hydroxyl groups excluding tert-OH is 1. The van der Waals surface area contributed by atoms with E-state index in [1.54, 1.807) is 22.9 Å². The van der Waals surface area contributed by atoms with Crippen molar-refractivity contribution in [3.05, 3.63) is 50.7 Å². The van der Waals surface area contributed by atoms with Gasteiger partial charge in [-0.2, -0.15) is 5.10 Å². The molecule has 1 unspecified atom stereocenters. The molecule has 0 radical (unpaired) electrons. The van der Waals surface area contributed by atoms with Crippen molar-refractivity contribution in [1.82, 2.24) is 9.78 Å². The highest BCUT2D eigenvalue weighted by molar-refractivity contribution is 6.36. The van der Waals surface area contributed by atoms with Gasteiger partial charge < -0.3 is 5.11 Å². The number of rotatable bonds is 4. The number of aliphatic hydroxyl groups is 1. The van der Waals surface area contributed by atoms with Crippen molar-refractivity contribution in [3.63, 3.8) is 0 Å².